The second-order valence-corrected chi connectivity index (χ2v) is 9.05. The van der Waals surface area contributed by atoms with Crippen LogP contribution in [0.3, 0.4) is 0 Å². The van der Waals surface area contributed by atoms with Crippen molar-refractivity contribution in [3.8, 4) is 0 Å². The molecule has 24 heavy (non-hydrogen) atoms. The van der Waals surface area contributed by atoms with Crippen molar-refractivity contribution in [2.24, 2.45) is 5.92 Å². The van der Waals surface area contributed by atoms with Crippen LogP contribution in [-0.4, -0.2) is 32.6 Å². The van der Waals surface area contributed by atoms with Crippen molar-refractivity contribution in [2.45, 2.75) is 31.3 Å². The summed E-state index contributed by atoms with van der Waals surface area (Å²) in [5.74, 6) is -1.66. The summed E-state index contributed by atoms with van der Waals surface area (Å²) in [6.45, 7) is 4.70. The maximum Gasteiger partial charge on any atom is 0.343 e. The first kappa shape index (κ1) is 18.9. The van der Waals surface area contributed by atoms with Gasteiger partial charge in [-0.2, -0.15) is 0 Å². The summed E-state index contributed by atoms with van der Waals surface area (Å²) >= 11 is 1.42. The van der Waals surface area contributed by atoms with Gasteiger partial charge in [-0.05, 0) is 23.8 Å². The molecule has 0 spiro atoms. The number of aliphatic carboxylic acids is 1. The van der Waals surface area contributed by atoms with Gasteiger partial charge >= 0.3 is 5.97 Å². The summed E-state index contributed by atoms with van der Waals surface area (Å²) in [6.07, 6.45) is 0. The lowest BCUT2D eigenvalue weighted by Gasteiger charge is -2.22. The highest BCUT2D eigenvalue weighted by molar-refractivity contribution is 8.04. The minimum atomic E-state index is -2.08. The summed E-state index contributed by atoms with van der Waals surface area (Å²) in [5, 5.41) is 21.8. The number of thioether (sulfide) groups is 1. The van der Waals surface area contributed by atoms with Crippen LogP contribution in [0, 0.1) is 5.92 Å². The Labute approximate surface area is 147 Å². The minimum absolute atomic E-state index is 0.178. The molecule has 0 aromatic heterocycles. The Hall–Kier alpha value is -1.39. The van der Waals surface area contributed by atoms with E-state index in [4.69, 9.17) is 0 Å². The Morgan fingerprint density at radius 2 is 1.88 bits per heavy atom. The van der Waals surface area contributed by atoms with E-state index in [0.717, 1.165) is 15.7 Å². The molecule has 0 amide bonds. The second kappa shape index (κ2) is 7.66. The first-order chi connectivity index (χ1) is 11.2. The van der Waals surface area contributed by atoms with Gasteiger partial charge in [-0.1, -0.05) is 62.0 Å². The zero-order valence-corrected chi connectivity index (χ0v) is 15.6. The van der Waals surface area contributed by atoms with Crippen LogP contribution in [-0.2, 0) is 4.79 Å². The van der Waals surface area contributed by atoms with Crippen LogP contribution in [0.15, 0.2) is 47.4 Å². The molecule has 2 atom stereocenters. The molecule has 0 aliphatic carbocycles. The highest BCUT2D eigenvalue weighted by atomic mass is 32.2. The van der Waals surface area contributed by atoms with Crippen molar-refractivity contribution < 1.29 is 19.9 Å². The molecule has 0 saturated heterocycles. The van der Waals surface area contributed by atoms with E-state index in [9.17, 15) is 19.9 Å². The van der Waals surface area contributed by atoms with Crippen LogP contribution in [0.25, 0.3) is 10.8 Å². The molecule has 0 heterocycles. The molecule has 128 valence electrons. The van der Waals surface area contributed by atoms with Crippen molar-refractivity contribution in [1.82, 2.24) is 0 Å². The fourth-order valence-electron chi connectivity index (χ4n) is 2.72. The number of aliphatic hydroxyl groups is 1. The highest BCUT2D eigenvalue weighted by Gasteiger charge is 2.42. The summed E-state index contributed by atoms with van der Waals surface area (Å²) in [6, 6.07) is 13.9. The van der Waals surface area contributed by atoms with Gasteiger partial charge < -0.3 is 15.1 Å². The van der Waals surface area contributed by atoms with E-state index in [-0.39, 0.29) is 16.7 Å². The quantitative estimate of drug-likeness (QED) is 0.607. The summed E-state index contributed by atoms with van der Waals surface area (Å²) in [5.41, 5.74) is -1.85. The number of carbonyl (C=O) groups is 1. The van der Waals surface area contributed by atoms with Gasteiger partial charge in [0.1, 0.15) is 5.29 Å². The van der Waals surface area contributed by atoms with Crippen LogP contribution in [0.2, 0.25) is 0 Å². The Morgan fingerprint density at radius 3 is 2.50 bits per heavy atom. The Balaban J connectivity index is 2.33. The molecular formula is C18H21O4PS. The molecule has 2 N–H and O–H groups in total. The van der Waals surface area contributed by atoms with E-state index >= 15 is 0 Å². The average Bonchev–Trinajstić information content (AvgIpc) is 2.52. The second-order valence-electron chi connectivity index (χ2n) is 6.05. The van der Waals surface area contributed by atoms with E-state index in [2.05, 4.69) is 0 Å². The SMILES string of the molecule is CC(C)C(=[P+]([O-])CSc1cccc2ccccc12)C(C)(O)C(=O)O. The van der Waals surface area contributed by atoms with Gasteiger partial charge in [0.05, 0.1) is 7.77 Å². The summed E-state index contributed by atoms with van der Waals surface area (Å²) < 4.78 is 0. The zero-order valence-electron chi connectivity index (χ0n) is 13.9. The molecule has 0 fully saturated rings. The van der Waals surface area contributed by atoms with Gasteiger partial charge in [0, 0.05) is 10.8 Å². The van der Waals surface area contributed by atoms with E-state index in [0.29, 0.717) is 0 Å². The topological polar surface area (TPSA) is 80.6 Å². The van der Waals surface area contributed by atoms with Crippen molar-refractivity contribution >= 4 is 41.6 Å². The largest absolute Gasteiger partial charge is 0.630 e. The molecule has 0 bridgehead atoms. The van der Waals surface area contributed by atoms with Gasteiger partial charge in [0.15, 0.2) is 5.49 Å². The number of carboxylic acid groups (broad SMARTS) is 1. The lowest BCUT2D eigenvalue weighted by molar-refractivity contribution is -0.155. The minimum Gasteiger partial charge on any atom is -0.630 e. The van der Waals surface area contributed by atoms with Crippen LogP contribution in [0.4, 0.5) is 0 Å². The normalized spacial score (nSPS) is 15.2. The van der Waals surface area contributed by atoms with Crippen LogP contribution in [0.5, 0.6) is 0 Å². The molecule has 2 unspecified atom stereocenters. The van der Waals surface area contributed by atoms with E-state index in [1.807, 2.05) is 42.5 Å². The molecule has 2 rings (SSSR count). The zero-order chi connectivity index (χ0) is 17.9. The molecule has 0 saturated carbocycles. The van der Waals surface area contributed by atoms with E-state index in [1.54, 1.807) is 13.8 Å². The van der Waals surface area contributed by atoms with Crippen molar-refractivity contribution in [2.75, 3.05) is 5.49 Å². The maximum atomic E-state index is 12.7. The number of hydrogen-bond donors (Lipinski definition) is 2. The molecule has 2 aromatic rings. The predicted octanol–water partition coefficient (Wildman–Crippen LogP) is 3.31. The maximum absolute atomic E-state index is 12.7. The smallest absolute Gasteiger partial charge is 0.343 e. The molecule has 4 nitrogen and oxygen atoms in total. The van der Waals surface area contributed by atoms with Crippen LogP contribution < -0.4 is 4.89 Å². The highest BCUT2D eigenvalue weighted by Crippen LogP contribution is 2.36. The van der Waals surface area contributed by atoms with E-state index in [1.165, 1.54) is 18.7 Å². The van der Waals surface area contributed by atoms with Crippen LogP contribution >= 0.6 is 19.5 Å². The average molecular weight is 364 g/mol. The van der Waals surface area contributed by atoms with Gasteiger partial charge in [-0.25, -0.2) is 4.79 Å². The fraction of sp³-hybridized carbons (Fsp3) is 0.333. The molecule has 2 aromatic carbocycles. The third-order valence-corrected chi connectivity index (χ3v) is 7.43. The number of rotatable bonds is 6. The standard InChI is InChI=1S/C18H21O4PS/c1-12(2)16(18(3,21)17(19)20)23(22)11-24-15-10-6-8-13-7-4-5-9-14(13)15/h4-10,12,21H,11H2,1-3H3,(H,19,20). The fourth-order valence-corrected chi connectivity index (χ4v) is 5.98. The number of carboxylic acids is 1. The Kier molecular flexibility index (Phi) is 6.05. The molecule has 6 heteroatoms. The molecule has 0 radical (unpaired) electrons. The molecular weight excluding hydrogens is 343 g/mol. The van der Waals surface area contributed by atoms with Crippen LogP contribution in [0.1, 0.15) is 20.8 Å². The summed E-state index contributed by atoms with van der Waals surface area (Å²) in [7, 11) is -1.98. The third-order valence-electron chi connectivity index (χ3n) is 3.82. The Morgan fingerprint density at radius 1 is 1.25 bits per heavy atom. The number of benzene rings is 2. The Bertz CT molecular complexity index is 778. The third kappa shape index (κ3) is 3.98. The van der Waals surface area contributed by atoms with Gasteiger partial charge in [0.2, 0.25) is 5.60 Å². The number of fused-ring (bicyclic) bond motifs is 1. The van der Waals surface area contributed by atoms with Crippen molar-refractivity contribution in [1.29, 1.82) is 0 Å². The van der Waals surface area contributed by atoms with Gasteiger partial charge in [0.25, 0.3) is 0 Å². The van der Waals surface area contributed by atoms with E-state index < -0.39 is 19.3 Å². The number of hydrogen-bond acceptors (Lipinski definition) is 4. The van der Waals surface area contributed by atoms with Gasteiger partial charge in [-0.3, -0.25) is 0 Å². The van der Waals surface area contributed by atoms with Crippen molar-refractivity contribution in [3.63, 3.8) is 0 Å². The summed E-state index contributed by atoms with van der Waals surface area (Å²) in [4.78, 5) is 25.0. The monoisotopic (exact) mass is 364 g/mol. The van der Waals surface area contributed by atoms with Crippen molar-refractivity contribution in [3.05, 3.63) is 42.5 Å². The first-order valence-electron chi connectivity index (χ1n) is 7.63. The molecule has 0 aliphatic rings. The predicted molar refractivity (Wildman–Crippen MR) is 99.7 cm³/mol. The lowest BCUT2D eigenvalue weighted by atomic mass is 9.94. The molecule has 0 aliphatic heterocycles. The lowest BCUT2D eigenvalue weighted by Crippen LogP contribution is -2.46. The van der Waals surface area contributed by atoms with Gasteiger partial charge in [-0.15, -0.1) is 0 Å². The first-order valence-corrected chi connectivity index (χ1v) is 10.1.